The van der Waals surface area contributed by atoms with Crippen LogP contribution in [0.5, 0.6) is 0 Å². The Labute approximate surface area is 626 Å². The molecule has 0 aliphatic carbocycles. The van der Waals surface area contributed by atoms with E-state index in [1.54, 1.807) is 0 Å². The molecule has 3 N–H and O–H groups in total. The van der Waals surface area contributed by atoms with Gasteiger partial charge in [-0.25, -0.2) is 9.13 Å². The topological polar surface area (TPSA) is 237 Å². The number of aliphatic hydroxyl groups is 1. The number of carbonyl (C=O) groups excluding carboxylic acids is 4. The van der Waals surface area contributed by atoms with Gasteiger partial charge in [0.1, 0.15) is 19.3 Å². The molecule has 0 saturated carbocycles. The molecule has 2 unspecified atom stereocenters. The van der Waals surface area contributed by atoms with Crippen molar-refractivity contribution in [3.63, 3.8) is 0 Å². The van der Waals surface area contributed by atoms with Crippen LogP contribution in [0.25, 0.3) is 0 Å². The maximum Gasteiger partial charge on any atom is 0.472 e. The third-order valence-corrected chi connectivity index (χ3v) is 21.4. The third kappa shape index (κ3) is 76.3. The van der Waals surface area contributed by atoms with Gasteiger partial charge in [0.05, 0.1) is 26.4 Å². The Morgan fingerprint density at radius 1 is 0.265 bits per heavy atom. The highest BCUT2D eigenvalue weighted by Gasteiger charge is 2.30. The molecule has 0 spiro atoms. The van der Waals surface area contributed by atoms with E-state index in [4.69, 9.17) is 37.0 Å². The Balaban J connectivity index is 5.21. The molecule has 0 saturated heterocycles. The van der Waals surface area contributed by atoms with Gasteiger partial charge in [0.15, 0.2) is 12.2 Å². The lowest BCUT2D eigenvalue weighted by molar-refractivity contribution is -0.161. The van der Waals surface area contributed by atoms with Crippen molar-refractivity contribution in [1.29, 1.82) is 0 Å². The van der Waals surface area contributed by atoms with Gasteiger partial charge in [0.25, 0.3) is 0 Å². The first kappa shape index (κ1) is 100. The van der Waals surface area contributed by atoms with Gasteiger partial charge in [0.2, 0.25) is 0 Å². The van der Waals surface area contributed by atoms with Crippen molar-refractivity contribution in [2.45, 2.75) is 464 Å². The van der Waals surface area contributed by atoms with Crippen molar-refractivity contribution in [2.75, 3.05) is 39.6 Å². The van der Waals surface area contributed by atoms with Crippen LogP contribution in [0.4, 0.5) is 0 Å². The number of unbranched alkanes of at least 4 members (excludes halogenated alkanes) is 55. The maximum atomic E-state index is 13.1. The molecule has 0 radical (unpaired) electrons. The van der Waals surface area contributed by atoms with Crippen molar-refractivity contribution in [1.82, 2.24) is 0 Å². The van der Waals surface area contributed by atoms with Gasteiger partial charge < -0.3 is 33.8 Å². The fourth-order valence-electron chi connectivity index (χ4n) is 12.9. The second-order valence-electron chi connectivity index (χ2n) is 30.3. The van der Waals surface area contributed by atoms with E-state index >= 15 is 0 Å². The predicted molar refractivity (Wildman–Crippen MR) is 418 cm³/mol. The van der Waals surface area contributed by atoms with Gasteiger partial charge >= 0.3 is 39.5 Å². The van der Waals surface area contributed by atoms with Crippen LogP contribution >= 0.6 is 15.6 Å². The normalized spacial score (nSPS) is 13.8. The van der Waals surface area contributed by atoms with E-state index in [0.29, 0.717) is 31.6 Å². The number of carbonyl (C=O) groups is 4. The average molecular weight is 1490 g/mol. The van der Waals surface area contributed by atoms with Gasteiger partial charge in [-0.15, -0.1) is 0 Å². The highest BCUT2D eigenvalue weighted by molar-refractivity contribution is 7.47. The van der Waals surface area contributed by atoms with Gasteiger partial charge in [-0.05, 0) is 31.6 Å². The first-order valence-corrected chi connectivity index (χ1v) is 46.1. The zero-order valence-electron chi connectivity index (χ0n) is 66.8. The van der Waals surface area contributed by atoms with Crippen molar-refractivity contribution in [3.05, 3.63) is 0 Å². The molecule has 0 aromatic rings. The second-order valence-corrected chi connectivity index (χ2v) is 33.3. The van der Waals surface area contributed by atoms with Crippen molar-refractivity contribution in [3.8, 4) is 0 Å². The monoisotopic (exact) mass is 1490 g/mol. The van der Waals surface area contributed by atoms with E-state index in [1.165, 1.54) is 263 Å². The highest BCUT2D eigenvalue weighted by atomic mass is 31.2. The molecule has 0 amide bonds. The fraction of sp³-hybridized carbons (Fsp3) is 0.952. The molecule has 5 atom stereocenters. The number of aliphatic hydroxyl groups excluding tert-OH is 1. The lowest BCUT2D eigenvalue weighted by Crippen LogP contribution is -2.30. The number of esters is 4. The van der Waals surface area contributed by atoms with Gasteiger partial charge in [-0.1, -0.05) is 394 Å². The largest absolute Gasteiger partial charge is 0.472 e. The molecule has 0 aliphatic heterocycles. The zero-order chi connectivity index (χ0) is 74.8. The van der Waals surface area contributed by atoms with E-state index < -0.39 is 97.5 Å². The maximum absolute atomic E-state index is 13.1. The van der Waals surface area contributed by atoms with Crippen LogP contribution in [0.3, 0.4) is 0 Å². The summed E-state index contributed by atoms with van der Waals surface area (Å²) in [7, 11) is -9.92. The summed E-state index contributed by atoms with van der Waals surface area (Å²) < 4.78 is 68.8. The lowest BCUT2D eigenvalue weighted by Gasteiger charge is -2.21. The number of phosphoric acid groups is 2. The Morgan fingerprint density at radius 3 is 0.667 bits per heavy atom. The number of hydrogen-bond donors (Lipinski definition) is 3. The van der Waals surface area contributed by atoms with E-state index in [-0.39, 0.29) is 25.7 Å². The first-order chi connectivity index (χ1) is 49.5. The number of ether oxygens (including phenoxy) is 4. The predicted octanol–water partition coefficient (Wildman–Crippen LogP) is 25.2. The molecule has 102 heavy (non-hydrogen) atoms. The van der Waals surface area contributed by atoms with E-state index in [0.717, 1.165) is 96.3 Å². The summed E-state index contributed by atoms with van der Waals surface area (Å²) in [6.07, 6.45) is 68.2. The van der Waals surface area contributed by atoms with Crippen molar-refractivity contribution < 1.29 is 80.2 Å². The number of hydrogen-bond acceptors (Lipinski definition) is 15. The summed E-state index contributed by atoms with van der Waals surface area (Å²) in [6, 6.07) is 0. The highest BCUT2D eigenvalue weighted by Crippen LogP contribution is 2.45. The summed E-state index contributed by atoms with van der Waals surface area (Å²) in [5.41, 5.74) is 0. The molecule has 0 rings (SSSR count). The van der Waals surface area contributed by atoms with E-state index in [1.807, 2.05) is 0 Å². The Bertz CT molecular complexity index is 1940. The first-order valence-electron chi connectivity index (χ1n) is 43.1. The summed E-state index contributed by atoms with van der Waals surface area (Å²) in [5, 5.41) is 10.7. The van der Waals surface area contributed by atoms with E-state index in [2.05, 4.69) is 34.6 Å². The molecule has 19 heteroatoms. The standard InChI is InChI=1S/C83H162O17P2/c1-6-9-12-15-18-21-24-27-30-31-32-33-34-35-36-39-42-45-48-53-59-64-69-82(87)99-78(72-93-80(85)66-61-56-51-46-43-40-37-28-25-22-19-16-13-10-7-2)74-97-101(89,90)95-70-77(84)71-96-102(91,92)98-75-79(73-94-81(86)67-62-57-54-49-50-55-60-65-76(4)5)100-83(88)68-63-58-52-47-44-41-38-29-26-23-20-17-14-11-8-3/h76-79,84H,6-75H2,1-5H3,(H,89,90)(H,91,92)/t77-,78-,79-/m1/s1. The zero-order valence-corrected chi connectivity index (χ0v) is 68.5. The summed E-state index contributed by atoms with van der Waals surface area (Å²) in [6.45, 7) is 7.29. The van der Waals surface area contributed by atoms with Crippen LogP contribution in [0.2, 0.25) is 0 Å². The van der Waals surface area contributed by atoms with Crippen LogP contribution in [-0.2, 0) is 65.4 Å². The van der Waals surface area contributed by atoms with Crippen LogP contribution in [-0.4, -0.2) is 96.7 Å². The molecule has 0 fully saturated rings. The quantitative estimate of drug-likeness (QED) is 0.0222. The number of phosphoric ester groups is 2. The third-order valence-electron chi connectivity index (χ3n) is 19.5. The minimum Gasteiger partial charge on any atom is -0.462 e. The summed E-state index contributed by atoms with van der Waals surface area (Å²) >= 11 is 0. The molecule has 0 aromatic heterocycles. The molecule has 0 heterocycles. The van der Waals surface area contributed by atoms with Crippen LogP contribution in [0, 0.1) is 5.92 Å². The SMILES string of the molecule is CCCCCCCCCCCCCCCCCCCCCCCCC(=O)O[C@H](COC(=O)CCCCCCCCCCCCCCCCC)COP(=O)(O)OC[C@@H](O)COP(=O)(O)OC[C@@H](COC(=O)CCCCCCCCCC(C)C)OC(=O)CCCCCCCCCCCCCCCCC. The Hall–Kier alpha value is -1.94. The lowest BCUT2D eigenvalue weighted by atomic mass is 10.0. The molecule has 606 valence electrons. The minimum atomic E-state index is -4.96. The molecule has 0 aliphatic rings. The van der Waals surface area contributed by atoms with Crippen LogP contribution in [0.1, 0.15) is 446 Å². The van der Waals surface area contributed by atoms with E-state index in [9.17, 15) is 43.2 Å². The molecule has 0 bridgehead atoms. The van der Waals surface area contributed by atoms with Gasteiger partial charge in [0, 0.05) is 25.7 Å². The molecular formula is C83H162O17P2. The van der Waals surface area contributed by atoms with Crippen molar-refractivity contribution in [2.24, 2.45) is 5.92 Å². The molecular weight excluding hydrogens is 1330 g/mol. The fourth-order valence-corrected chi connectivity index (χ4v) is 14.5. The molecule has 0 aromatic carbocycles. The second kappa shape index (κ2) is 75.9. The van der Waals surface area contributed by atoms with Crippen LogP contribution < -0.4 is 0 Å². The number of rotatable bonds is 83. The molecule has 17 nitrogen and oxygen atoms in total. The minimum absolute atomic E-state index is 0.108. The smallest absolute Gasteiger partial charge is 0.462 e. The average Bonchev–Trinajstić information content (AvgIpc) is 0.915. The van der Waals surface area contributed by atoms with Crippen molar-refractivity contribution >= 4 is 39.5 Å². The Morgan fingerprint density at radius 2 is 0.451 bits per heavy atom. The summed E-state index contributed by atoms with van der Waals surface area (Å²) in [5.74, 6) is -1.40. The van der Waals surface area contributed by atoms with Gasteiger partial charge in [-0.2, -0.15) is 0 Å². The Kier molecular flexibility index (Phi) is 74.4. The summed E-state index contributed by atoms with van der Waals surface area (Å²) in [4.78, 5) is 73.1. The van der Waals surface area contributed by atoms with Gasteiger partial charge in [-0.3, -0.25) is 37.3 Å². The van der Waals surface area contributed by atoms with Crippen LogP contribution in [0.15, 0.2) is 0 Å².